The van der Waals surface area contributed by atoms with Crippen molar-refractivity contribution in [1.82, 2.24) is 30.4 Å². The van der Waals surface area contributed by atoms with Crippen LogP contribution < -0.4 is 5.73 Å². The van der Waals surface area contributed by atoms with Gasteiger partial charge in [0, 0.05) is 6.20 Å². The van der Waals surface area contributed by atoms with Gasteiger partial charge in [-0.3, -0.25) is 0 Å². The fourth-order valence-corrected chi connectivity index (χ4v) is 1.35. The summed E-state index contributed by atoms with van der Waals surface area (Å²) in [6, 6.07) is 1.67. The van der Waals surface area contributed by atoms with Crippen molar-refractivity contribution in [3.63, 3.8) is 0 Å². The molecule has 0 unspecified atom stereocenters. The summed E-state index contributed by atoms with van der Waals surface area (Å²) in [6.07, 6.45) is 1.61. The van der Waals surface area contributed by atoms with Crippen molar-refractivity contribution < 1.29 is 9.15 Å². The summed E-state index contributed by atoms with van der Waals surface area (Å²) in [5, 5.41) is 10.8. The lowest BCUT2D eigenvalue weighted by molar-refractivity contribution is 0.308. The van der Waals surface area contributed by atoms with Gasteiger partial charge in [0.05, 0.1) is 0 Å². The third kappa shape index (κ3) is 1.67. The zero-order valence-electron chi connectivity index (χ0n) is 9.23. The van der Waals surface area contributed by atoms with Crippen LogP contribution in [0.2, 0.25) is 0 Å². The molecule has 0 aliphatic carbocycles. The van der Waals surface area contributed by atoms with Gasteiger partial charge in [-0.1, -0.05) is 5.16 Å². The minimum Gasteiger partial charge on any atom is -0.379 e. The van der Waals surface area contributed by atoms with Gasteiger partial charge in [0.25, 0.3) is 5.89 Å². The molecule has 0 radical (unpaired) electrons. The first-order valence-electron chi connectivity index (χ1n) is 4.96. The first-order valence-corrected chi connectivity index (χ1v) is 4.96. The predicted molar refractivity (Wildman–Crippen MR) is 57.8 cm³/mol. The van der Waals surface area contributed by atoms with Crippen molar-refractivity contribution in [1.29, 1.82) is 0 Å². The number of hydrogen-bond donors (Lipinski definition) is 1. The Morgan fingerprint density at radius 1 is 1.17 bits per heavy atom. The van der Waals surface area contributed by atoms with Crippen molar-refractivity contribution in [2.24, 2.45) is 0 Å². The maximum atomic E-state index is 5.52. The Labute approximate surface area is 100 Å². The highest BCUT2D eigenvalue weighted by molar-refractivity contribution is 5.62. The van der Waals surface area contributed by atoms with Crippen molar-refractivity contribution in [2.45, 2.75) is 6.92 Å². The van der Waals surface area contributed by atoms with Gasteiger partial charge in [-0.25, -0.2) is 14.6 Å². The van der Waals surface area contributed by atoms with E-state index in [-0.39, 0.29) is 17.4 Å². The summed E-state index contributed by atoms with van der Waals surface area (Å²) in [5.41, 5.74) is 6.28. The summed E-state index contributed by atoms with van der Waals surface area (Å²) in [4.78, 5) is 12.3. The monoisotopic (exact) mass is 245 g/mol. The molecule has 3 heterocycles. The normalized spacial score (nSPS) is 10.7. The Morgan fingerprint density at radius 3 is 2.78 bits per heavy atom. The van der Waals surface area contributed by atoms with E-state index in [0.717, 1.165) is 0 Å². The minimum absolute atomic E-state index is 0.0871. The summed E-state index contributed by atoms with van der Waals surface area (Å²) in [6.45, 7) is 1.77. The largest absolute Gasteiger partial charge is 0.379 e. The Kier molecular flexibility index (Phi) is 2.22. The zero-order valence-corrected chi connectivity index (χ0v) is 9.23. The Morgan fingerprint density at radius 2 is 2.06 bits per heavy atom. The first kappa shape index (κ1) is 10.3. The average Bonchev–Trinajstić information content (AvgIpc) is 2.97. The van der Waals surface area contributed by atoms with Crippen LogP contribution in [-0.4, -0.2) is 30.4 Å². The molecule has 0 fully saturated rings. The van der Waals surface area contributed by atoms with Crippen LogP contribution in [0.25, 0.3) is 23.1 Å². The number of aryl methyl sites for hydroxylation is 1. The van der Waals surface area contributed by atoms with Gasteiger partial charge in [0.15, 0.2) is 0 Å². The number of nitrogen functional groups attached to an aromatic ring is 1. The van der Waals surface area contributed by atoms with Gasteiger partial charge in [0.2, 0.25) is 17.3 Å². The van der Waals surface area contributed by atoms with E-state index < -0.39 is 0 Å². The SMILES string of the molecule is Cc1nccc(-c2noc(-c3nonc3N)n2)n1. The Hall–Kier alpha value is -2.84. The molecule has 0 spiro atoms. The molecule has 0 aliphatic rings. The molecule has 3 aromatic rings. The van der Waals surface area contributed by atoms with E-state index >= 15 is 0 Å². The number of nitrogens with zero attached hydrogens (tertiary/aromatic N) is 6. The molecular formula is C9H7N7O2. The molecular weight excluding hydrogens is 238 g/mol. The molecule has 18 heavy (non-hydrogen) atoms. The summed E-state index contributed by atoms with van der Waals surface area (Å²) >= 11 is 0. The number of aromatic nitrogens is 6. The van der Waals surface area contributed by atoms with Crippen molar-refractivity contribution in [3.8, 4) is 23.1 Å². The third-order valence-electron chi connectivity index (χ3n) is 2.15. The second kappa shape index (κ2) is 3.87. The van der Waals surface area contributed by atoms with Crippen LogP contribution in [0.5, 0.6) is 0 Å². The molecule has 0 aliphatic heterocycles. The quantitative estimate of drug-likeness (QED) is 0.684. The van der Waals surface area contributed by atoms with Crippen LogP contribution in [0.3, 0.4) is 0 Å². The molecule has 0 saturated carbocycles. The first-order chi connectivity index (χ1) is 8.74. The lowest BCUT2D eigenvalue weighted by atomic mass is 10.4. The molecule has 3 rings (SSSR count). The highest BCUT2D eigenvalue weighted by Crippen LogP contribution is 2.22. The number of nitrogens with two attached hydrogens (primary N) is 1. The van der Waals surface area contributed by atoms with E-state index in [2.05, 4.69) is 35.1 Å². The fourth-order valence-electron chi connectivity index (χ4n) is 1.35. The van der Waals surface area contributed by atoms with Crippen molar-refractivity contribution in [2.75, 3.05) is 5.73 Å². The number of rotatable bonds is 2. The van der Waals surface area contributed by atoms with Gasteiger partial charge in [-0.15, -0.1) is 0 Å². The van der Waals surface area contributed by atoms with Crippen LogP contribution >= 0.6 is 0 Å². The smallest absolute Gasteiger partial charge is 0.284 e. The maximum absolute atomic E-state index is 5.52. The van der Waals surface area contributed by atoms with Crippen molar-refractivity contribution >= 4 is 5.82 Å². The molecule has 9 heteroatoms. The van der Waals surface area contributed by atoms with Gasteiger partial charge in [-0.2, -0.15) is 4.98 Å². The van der Waals surface area contributed by atoms with E-state index in [9.17, 15) is 0 Å². The van der Waals surface area contributed by atoms with E-state index in [1.165, 1.54) is 0 Å². The maximum Gasteiger partial charge on any atom is 0.284 e. The Balaban J connectivity index is 2.02. The van der Waals surface area contributed by atoms with E-state index in [4.69, 9.17) is 10.3 Å². The summed E-state index contributed by atoms with van der Waals surface area (Å²) in [5.74, 6) is 1.14. The number of anilines is 1. The molecule has 0 saturated heterocycles. The highest BCUT2D eigenvalue weighted by atomic mass is 16.6. The van der Waals surface area contributed by atoms with Gasteiger partial charge in [-0.05, 0) is 23.3 Å². The highest BCUT2D eigenvalue weighted by Gasteiger charge is 2.18. The average molecular weight is 245 g/mol. The molecule has 0 aromatic carbocycles. The second-order valence-electron chi connectivity index (χ2n) is 3.41. The topological polar surface area (TPSA) is 130 Å². The minimum atomic E-state index is 0.0871. The molecule has 90 valence electrons. The fraction of sp³-hybridized carbons (Fsp3) is 0.111. The van der Waals surface area contributed by atoms with Gasteiger partial charge in [0.1, 0.15) is 11.5 Å². The van der Waals surface area contributed by atoms with Crippen LogP contribution in [0.1, 0.15) is 5.82 Å². The number of hydrogen-bond acceptors (Lipinski definition) is 9. The molecule has 0 bridgehead atoms. The van der Waals surface area contributed by atoms with E-state index in [1.54, 1.807) is 19.2 Å². The van der Waals surface area contributed by atoms with Gasteiger partial charge >= 0.3 is 0 Å². The zero-order chi connectivity index (χ0) is 12.5. The lowest BCUT2D eigenvalue weighted by Gasteiger charge is -1.93. The van der Waals surface area contributed by atoms with Crippen molar-refractivity contribution in [3.05, 3.63) is 18.1 Å². The molecule has 3 aromatic heterocycles. The molecule has 2 N–H and O–H groups in total. The summed E-state index contributed by atoms with van der Waals surface area (Å²) in [7, 11) is 0. The lowest BCUT2D eigenvalue weighted by Crippen LogP contribution is -1.91. The van der Waals surface area contributed by atoms with Crippen LogP contribution in [0.4, 0.5) is 5.82 Å². The second-order valence-corrected chi connectivity index (χ2v) is 3.41. The molecule has 0 amide bonds. The summed E-state index contributed by atoms with van der Waals surface area (Å²) < 4.78 is 9.48. The van der Waals surface area contributed by atoms with Crippen LogP contribution in [0, 0.1) is 6.92 Å². The van der Waals surface area contributed by atoms with Crippen LogP contribution in [-0.2, 0) is 0 Å². The van der Waals surface area contributed by atoms with E-state index in [0.29, 0.717) is 17.3 Å². The third-order valence-corrected chi connectivity index (χ3v) is 2.15. The standard InChI is InChI=1S/C9H7N7O2/c1-4-11-3-2-5(12-4)8-13-9(17-16-8)6-7(10)15-18-14-6/h2-3H,1H3,(H2,10,15). The van der Waals surface area contributed by atoms with Gasteiger partial charge < -0.3 is 10.3 Å². The van der Waals surface area contributed by atoms with Crippen LogP contribution in [0.15, 0.2) is 21.4 Å². The van der Waals surface area contributed by atoms with E-state index in [1.807, 2.05) is 0 Å². The molecule has 0 atom stereocenters. The predicted octanol–water partition coefficient (Wildman–Crippen LogP) is 0.467. The molecule has 9 nitrogen and oxygen atoms in total. The Bertz CT molecular complexity index is 690.